The van der Waals surface area contributed by atoms with E-state index in [9.17, 15) is 24.6 Å². The Kier molecular flexibility index (Phi) is 9.06. The number of ketones is 1. The Morgan fingerprint density at radius 1 is 1.02 bits per heavy atom. The van der Waals surface area contributed by atoms with E-state index in [0.29, 0.717) is 17.1 Å². The van der Waals surface area contributed by atoms with Crippen molar-refractivity contribution < 1.29 is 47.9 Å². The lowest BCUT2D eigenvalue weighted by Gasteiger charge is -2.47. The average molecular weight is 634 g/mol. The van der Waals surface area contributed by atoms with Gasteiger partial charge >= 0.3 is 11.7 Å². The van der Waals surface area contributed by atoms with E-state index in [2.05, 4.69) is 0 Å². The summed E-state index contributed by atoms with van der Waals surface area (Å²) in [4.78, 5) is 37.8. The average Bonchev–Trinajstić information content (AvgIpc) is 2.99. The Hall–Kier alpha value is -4.91. The Morgan fingerprint density at radius 2 is 1.72 bits per heavy atom. The second kappa shape index (κ2) is 12.8. The van der Waals surface area contributed by atoms with Crippen LogP contribution in [0.5, 0.6) is 23.0 Å². The molecule has 0 saturated carbocycles. The third-order valence-electron chi connectivity index (χ3n) is 7.83. The molecule has 1 fully saturated rings. The van der Waals surface area contributed by atoms with E-state index >= 15 is 0 Å². The molecule has 0 radical (unpaired) electrons. The molecule has 3 aromatic carbocycles. The Balaban J connectivity index is 1.39. The van der Waals surface area contributed by atoms with Crippen molar-refractivity contribution in [2.24, 2.45) is 5.73 Å². The lowest BCUT2D eigenvalue weighted by atomic mass is 9.89. The first kappa shape index (κ1) is 32.5. The van der Waals surface area contributed by atoms with Gasteiger partial charge in [0.25, 0.3) is 0 Å². The fourth-order valence-corrected chi connectivity index (χ4v) is 5.57. The van der Waals surface area contributed by atoms with Crippen molar-refractivity contribution in [3.05, 3.63) is 93.3 Å². The molecular formula is C34H35NO11. The zero-order valence-electron chi connectivity index (χ0n) is 25.9. The van der Waals surface area contributed by atoms with Gasteiger partial charge in [0.15, 0.2) is 18.0 Å². The number of rotatable bonds is 9. The summed E-state index contributed by atoms with van der Waals surface area (Å²) in [5.74, 6) is 0.367. The summed E-state index contributed by atoms with van der Waals surface area (Å²) in [5.41, 5.74) is 4.64. The first-order valence-electron chi connectivity index (χ1n) is 14.5. The number of Topliss-reactive ketones (excluding diaryl/α,β-unsaturated/α-hetero) is 1. The molecule has 1 amide bonds. The first-order chi connectivity index (χ1) is 21.8. The van der Waals surface area contributed by atoms with Gasteiger partial charge in [-0.1, -0.05) is 24.3 Å². The van der Waals surface area contributed by atoms with E-state index in [-0.39, 0.29) is 27.8 Å². The Labute approximate surface area is 264 Å². The zero-order chi connectivity index (χ0) is 33.3. The number of nitrogens with two attached hydrogens (primary N) is 1. The lowest BCUT2D eigenvalue weighted by Crippen LogP contribution is -2.65. The summed E-state index contributed by atoms with van der Waals surface area (Å²) < 4.78 is 33.9. The second-order valence-corrected chi connectivity index (χ2v) is 11.6. The predicted octanol–water partition coefficient (Wildman–Crippen LogP) is 4.69. The van der Waals surface area contributed by atoms with Crippen LogP contribution in [0.1, 0.15) is 40.9 Å². The van der Waals surface area contributed by atoms with Crippen LogP contribution in [-0.2, 0) is 20.6 Å². The number of methoxy groups -OCH3 is 1. The summed E-state index contributed by atoms with van der Waals surface area (Å²) >= 11 is 0. The molecule has 1 saturated heterocycles. The van der Waals surface area contributed by atoms with Crippen LogP contribution < -0.4 is 20.8 Å². The Bertz CT molecular complexity index is 1850. The van der Waals surface area contributed by atoms with Crippen molar-refractivity contribution >= 4 is 22.8 Å². The smallest absolute Gasteiger partial charge is 0.404 e. The van der Waals surface area contributed by atoms with Crippen LogP contribution in [0.25, 0.3) is 11.0 Å². The van der Waals surface area contributed by atoms with Crippen molar-refractivity contribution in [2.45, 2.75) is 64.3 Å². The first-order valence-corrected chi connectivity index (χ1v) is 14.5. The minimum Gasteiger partial charge on any atom is -0.507 e. The highest BCUT2D eigenvalue weighted by molar-refractivity contribution is 5.99. The zero-order valence-corrected chi connectivity index (χ0v) is 25.9. The van der Waals surface area contributed by atoms with E-state index in [0.717, 1.165) is 5.56 Å². The number of aliphatic hydroxyl groups is 1. The van der Waals surface area contributed by atoms with Crippen LogP contribution in [0.4, 0.5) is 4.79 Å². The van der Waals surface area contributed by atoms with Crippen molar-refractivity contribution in [2.75, 3.05) is 7.11 Å². The minimum absolute atomic E-state index is 0.00835. The van der Waals surface area contributed by atoms with E-state index in [1.807, 2.05) is 25.1 Å². The number of aryl methyl sites for hydroxylation is 2. The summed E-state index contributed by atoms with van der Waals surface area (Å²) in [6.45, 7) is 6.86. The number of amides is 1. The van der Waals surface area contributed by atoms with Crippen molar-refractivity contribution in [3.63, 3.8) is 0 Å². The van der Waals surface area contributed by atoms with Gasteiger partial charge in [0, 0.05) is 24.7 Å². The number of carbonyl (C=O) groups excluding carboxylic acids is 2. The second-order valence-electron chi connectivity index (χ2n) is 11.6. The summed E-state index contributed by atoms with van der Waals surface area (Å²) in [7, 11) is 1.38. The van der Waals surface area contributed by atoms with E-state index in [1.54, 1.807) is 51.1 Å². The van der Waals surface area contributed by atoms with Crippen LogP contribution in [0.2, 0.25) is 0 Å². The molecule has 1 aliphatic rings. The van der Waals surface area contributed by atoms with Gasteiger partial charge in [-0.05, 0) is 69.7 Å². The van der Waals surface area contributed by atoms with Gasteiger partial charge in [0.05, 0.1) is 16.6 Å². The molecule has 2 heterocycles. The van der Waals surface area contributed by atoms with Crippen molar-refractivity contribution in [3.8, 4) is 23.0 Å². The number of carbonyl (C=O) groups is 2. The number of hydrogen-bond acceptors (Lipinski definition) is 11. The van der Waals surface area contributed by atoms with Gasteiger partial charge in [-0.15, -0.1) is 0 Å². The third kappa shape index (κ3) is 6.54. The van der Waals surface area contributed by atoms with E-state index in [1.165, 1.54) is 19.2 Å². The number of fused-ring (bicyclic) bond motifs is 1. The summed E-state index contributed by atoms with van der Waals surface area (Å²) in [6.07, 6.45) is -6.46. The van der Waals surface area contributed by atoms with Gasteiger partial charge in [-0.3, -0.25) is 4.79 Å². The van der Waals surface area contributed by atoms with Gasteiger partial charge in [0.2, 0.25) is 6.29 Å². The van der Waals surface area contributed by atoms with Crippen molar-refractivity contribution in [1.29, 1.82) is 0 Å². The maximum absolute atomic E-state index is 13.2. The molecule has 4 N–H and O–H groups in total. The molecule has 12 heteroatoms. The number of aliphatic hydroxyl groups excluding tert-OH is 1. The van der Waals surface area contributed by atoms with Gasteiger partial charge in [0.1, 0.15) is 34.7 Å². The highest BCUT2D eigenvalue weighted by Crippen LogP contribution is 2.38. The molecule has 1 aliphatic heterocycles. The number of ether oxygens (including phenoxy) is 5. The van der Waals surface area contributed by atoms with Gasteiger partial charge in [-0.2, -0.15) is 0 Å². The SMILES string of the molecule is CO[C@@H]1[C@@H](OC(N)=O)[C@@H](O)[C@H](Oc2ccc3c(O)c(CC(=O)c4cccc(Oc5cccc(C)c5)c4)c(=O)oc3c2C)OC1(C)C. The fourth-order valence-electron chi connectivity index (χ4n) is 5.57. The molecule has 5 rings (SSSR count). The molecule has 0 spiro atoms. The summed E-state index contributed by atoms with van der Waals surface area (Å²) in [6, 6.07) is 16.9. The highest BCUT2D eigenvalue weighted by atomic mass is 16.7. The van der Waals surface area contributed by atoms with E-state index < -0.39 is 59.9 Å². The molecule has 242 valence electrons. The molecule has 0 bridgehead atoms. The quantitative estimate of drug-likeness (QED) is 0.172. The molecule has 12 nitrogen and oxygen atoms in total. The summed E-state index contributed by atoms with van der Waals surface area (Å²) in [5, 5.41) is 22.2. The van der Waals surface area contributed by atoms with Crippen LogP contribution in [0.15, 0.2) is 69.9 Å². The van der Waals surface area contributed by atoms with Gasteiger partial charge in [-0.25, -0.2) is 9.59 Å². The third-order valence-corrected chi connectivity index (χ3v) is 7.83. The Morgan fingerprint density at radius 3 is 2.39 bits per heavy atom. The highest BCUT2D eigenvalue weighted by Gasteiger charge is 2.53. The molecule has 46 heavy (non-hydrogen) atoms. The van der Waals surface area contributed by atoms with Crippen LogP contribution >= 0.6 is 0 Å². The maximum Gasteiger partial charge on any atom is 0.404 e. The molecule has 1 aromatic heterocycles. The number of primary amides is 1. The minimum atomic E-state index is -1.50. The molecule has 0 unspecified atom stereocenters. The molecule has 4 aromatic rings. The van der Waals surface area contributed by atoms with Crippen LogP contribution in [0.3, 0.4) is 0 Å². The van der Waals surface area contributed by atoms with Crippen molar-refractivity contribution in [1.82, 2.24) is 0 Å². The molecule has 0 aliphatic carbocycles. The maximum atomic E-state index is 13.2. The standard InChI is InChI=1S/C34H35NO11/c1-17-8-6-10-20(14-17)42-21-11-7-9-19(15-21)24(36)16-23-26(37)22-12-13-25(18(2)28(22)44-31(23)39)43-32-27(38)29(45-33(35)40)30(41-5)34(3,4)46-32/h6-15,27,29-30,32,37-38H,16H2,1-5H3,(H2,35,40)/t27-,29+,30-,32-/m1/s1. The topological polar surface area (TPSA) is 177 Å². The lowest BCUT2D eigenvalue weighted by molar-refractivity contribution is -0.304. The number of aromatic hydroxyl groups is 1. The van der Waals surface area contributed by atoms with Crippen LogP contribution in [-0.4, -0.2) is 59.4 Å². The molecule has 4 atom stereocenters. The largest absolute Gasteiger partial charge is 0.507 e. The number of benzene rings is 3. The monoisotopic (exact) mass is 633 g/mol. The predicted molar refractivity (Wildman–Crippen MR) is 165 cm³/mol. The van der Waals surface area contributed by atoms with Gasteiger partial charge < -0.3 is 44.0 Å². The van der Waals surface area contributed by atoms with E-state index in [4.69, 9.17) is 33.8 Å². The fraction of sp³-hybridized carbons (Fsp3) is 0.324. The molecular weight excluding hydrogens is 598 g/mol. The normalized spacial score (nSPS) is 20.7. The van der Waals surface area contributed by atoms with Crippen LogP contribution in [0, 0.1) is 13.8 Å². The number of hydrogen-bond donors (Lipinski definition) is 3.